The Hall–Kier alpha value is -1.02. The second-order valence-corrected chi connectivity index (χ2v) is 3.25. The van der Waals surface area contributed by atoms with Gasteiger partial charge in [0, 0.05) is 6.54 Å². The summed E-state index contributed by atoms with van der Waals surface area (Å²) in [5.74, 6) is 0. The van der Waals surface area contributed by atoms with Crippen molar-refractivity contribution in [1.82, 2.24) is 10.6 Å². The molecule has 1 unspecified atom stereocenters. The Morgan fingerprint density at radius 3 is 2.62 bits per heavy atom. The molecule has 1 aliphatic heterocycles. The van der Waals surface area contributed by atoms with Crippen LogP contribution in [0, 0.1) is 0 Å². The summed E-state index contributed by atoms with van der Waals surface area (Å²) in [6.07, 6.45) is -4.70. The van der Waals surface area contributed by atoms with Crippen molar-refractivity contribution < 1.29 is 27.4 Å². The zero-order valence-corrected chi connectivity index (χ0v) is 8.47. The third-order valence-electron chi connectivity index (χ3n) is 1.82. The Labute approximate surface area is 90.3 Å². The van der Waals surface area contributed by atoms with E-state index in [1.165, 1.54) is 0 Å². The fourth-order valence-electron chi connectivity index (χ4n) is 1.10. The van der Waals surface area contributed by atoms with Gasteiger partial charge in [-0.25, -0.2) is 4.79 Å². The molecule has 8 heteroatoms. The predicted molar refractivity (Wildman–Crippen MR) is 48.0 cm³/mol. The van der Waals surface area contributed by atoms with Crippen LogP contribution in [-0.2, 0) is 9.47 Å². The molecule has 1 heterocycles. The summed E-state index contributed by atoms with van der Waals surface area (Å²) >= 11 is 0. The number of rotatable bonds is 3. The Morgan fingerprint density at radius 2 is 2.06 bits per heavy atom. The average Bonchev–Trinajstić information content (AvgIpc) is 2.24. The second-order valence-electron chi connectivity index (χ2n) is 3.25. The van der Waals surface area contributed by atoms with Crippen LogP contribution in [-0.4, -0.2) is 51.2 Å². The SMILES string of the molecule is O=C(NCC1COCCO1)NCC(F)(F)F. The molecule has 2 N–H and O–H groups in total. The Kier molecular flexibility index (Phi) is 4.81. The van der Waals surface area contributed by atoms with Crippen molar-refractivity contribution in [2.24, 2.45) is 0 Å². The molecular formula is C8H13F3N2O3. The number of halogens is 3. The van der Waals surface area contributed by atoms with Crippen molar-refractivity contribution in [3.8, 4) is 0 Å². The molecule has 16 heavy (non-hydrogen) atoms. The van der Waals surface area contributed by atoms with Crippen LogP contribution in [0.25, 0.3) is 0 Å². The van der Waals surface area contributed by atoms with Crippen LogP contribution in [0.1, 0.15) is 0 Å². The van der Waals surface area contributed by atoms with E-state index in [0.717, 1.165) is 0 Å². The maximum atomic E-state index is 11.7. The topological polar surface area (TPSA) is 59.6 Å². The first-order chi connectivity index (χ1) is 7.47. The fourth-order valence-corrected chi connectivity index (χ4v) is 1.10. The summed E-state index contributed by atoms with van der Waals surface area (Å²) in [5.41, 5.74) is 0. The van der Waals surface area contributed by atoms with Gasteiger partial charge in [0.2, 0.25) is 0 Å². The number of hydrogen-bond donors (Lipinski definition) is 2. The van der Waals surface area contributed by atoms with Crippen LogP contribution in [0.4, 0.5) is 18.0 Å². The highest BCUT2D eigenvalue weighted by Gasteiger charge is 2.27. The third-order valence-corrected chi connectivity index (χ3v) is 1.82. The first kappa shape index (κ1) is 13.0. The molecule has 1 saturated heterocycles. The molecule has 0 radical (unpaired) electrons. The highest BCUT2D eigenvalue weighted by Crippen LogP contribution is 2.11. The van der Waals surface area contributed by atoms with Crippen molar-refractivity contribution in [2.45, 2.75) is 12.3 Å². The first-order valence-corrected chi connectivity index (χ1v) is 4.75. The van der Waals surface area contributed by atoms with Gasteiger partial charge < -0.3 is 20.1 Å². The lowest BCUT2D eigenvalue weighted by molar-refractivity contribution is -0.122. The van der Waals surface area contributed by atoms with Gasteiger partial charge in [-0.3, -0.25) is 0 Å². The minimum Gasteiger partial charge on any atom is -0.376 e. The highest BCUT2D eigenvalue weighted by molar-refractivity contribution is 5.73. The molecule has 1 aliphatic rings. The molecule has 1 fully saturated rings. The quantitative estimate of drug-likeness (QED) is 0.746. The number of ether oxygens (including phenoxy) is 2. The molecule has 0 spiro atoms. The van der Waals surface area contributed by atoms with Crippen LogP contribution in [0.15, 0.2) is 0 Å². The highest BCUT2D eigenvalue weighted by atomic mass is 19.4. The largest absolute Gasteiger partial charge is 0.405 e. The van der Waals surface area contributed by atoms with Gasteiger partial charge in [0.1, 0.15) is 6.54 Å². The molecular weight excluding hydrogens is 229 g/mol. The molecule has 1 atom stereocenters. The number of carbonyl (C=O) groups excluding carboxylic acids is 1. The van der Waals surface area contributed by atoms with E-state index in [0.29, 0.717) is 19.8 Å². The first-order valence-electron chi connectivity index (χ1n) is 4.75. The molecule has 0 bridgehead atoms. The molecule has 2 amide bonds. The maximum Gasteiger partial charge on any atom is 0.405 e. The van der Waals surface area contributed by atoms with E-state index in [4.69, 9.17) is 9.47 Å². The third kappa shape index (κ3) is 5.76. The van der Waals surface area contributed by atoms with Crippen molar-refractivity contribution >= 4 is 6.03 Å². The van der Waals surface area contributed by atoms with Crippen LogP contribution >= 0.6 is 0 Å². The molecule has 0 aromatic rings. The van der Waals surface area contributed by atoms with Crippen molar-refractivity contribution in [3.63, 3.8) is 0 Å². The van der Waals surface area contributed by atoms with E-state index in [-0.39, 0.29) is 12.6 Å². The van der Waals surface area contributed by atoms with Crippen LogP contribution in [0.5, 0.6) is 0 Å². The van der Waals surface area contributed by atoms with Gasteiger partial charge in [0.15, 0.2) is 0 Å². The summed E-state index contributed by atoms with van der Waals surface area (Å²) < 4.78 is 45.4. The molecule has 5 nitrogen and oxygen atoms in total. The standard InChI is InChI=1S/C8H13F3N2O3/c9-8(10,11)5-13-7(14)12-3-6-4-15-1-2-16-6/h6H,1-5H2,(H2,12,13,14). The number of alkyl halides is 3. The lowest BCUT2D eigenvalue weighted by Crippen LogP contribution is -2.45. The van der Waals surface area contributed by atoms with E-state index in [1.54, 1.807) is 5.32 Å². The zero-order chi connectivity index (χ0) is 12.0. The van der Waals surface area contributed by atoms with E-state index < -0.39 is 18.8 Å². The van der Waals surface area contributed by atoms with Gasteiger partial charge in [-0.2, -0.15) is 13.2 Å². The monoisotopic (exact) mass is 242 g/mol. The van der Waals surface area contributed by atoms with Gasteiger partial charge in [0.05, 0.1) is 25.9 Å². The van der Waals surface area contributed by atoms with Crippen LogP contribution in [0.3, 0.4) is 0 Å². The molecule has 1 rings (SSSR count). The minimum atomic E-state index is -4.40. The smallest absolute Gasteiger partial charge is 0.376 e. The zero-order valence-electron chi connectivity index (χ0n) is 8.47. The normalized spacial score (nSPS) is 21.6. The van der Waals surface area contributed by atoms with Crippen molar-refractivity contribution in [3.05, 3.63) is 0 Å². The van der Waals surface area contributed by atoms with Gasteiger partial charge in [-0.1, -0.05) is 0 Å². The van der Waals surface area contributed by atoms with Gasteiger partial charge >= 0.3 is 12.2 Å². The van der Waals surface area contributed by atoms with Crippen LogP contribution in [0.2, 0.25) is 0 Å². The summed E-state index contributed by atoms with van der Waals surface area (Å²) in [6.45, 7) is 0.0391. The van der Waals surface area contributed by atoms with Crippen LogP contribution < -0.4 is 10.6 Å². The lowest BCUT2D eigenvalue weighted by Gasteiger charge is -2.23. The average molecular weight is 242 g/mol. The lowest BCUT2D eigenvalue weighted by atomic mass is 10.3. The van der Waals surface area contributed by atoms with Gasteiger partial charge in [-0.05, 0) is 0 Å². The minimum absolute atomic E-state index is 0.129. The van der Waals surface area contributed by atoms with Gasteiger partial charge in [0.25, 0.3) is 0 Å². The second kappa shape index (κ2) is 5.90. The number of hydrogen-bond acceptors (Lipinski definition) is 3. The predicted octanol–water partition coefficient (Wildman–Crippen LogP) is 0.263. The summed E-state index contributed by atoms with van der Waals surface area (Å²) in [4.78, 5) is 10.9. The maximum absolute atomic E-state index is 11.7. The summed E-state index contributed by atoms with van der Waals surface area (Å²) in [6, 6.07) is -0.869. The summed E-state index contributed by atoms with van der Waals surface area (Å²) in [7, 11) is 0. The Bertz CT molecular complexity index is 229. The van der Waals surface area contributed by atoms with Crippen molar-refractivity contribution in [1.29, 1.82) is 0 Å². The van der Waals surface area contributed by atoms with E-state index in [2.05, 4.69) is 5.32 Å². The number of urea groups is 1. The molecule has 0 aliphatic carbocycles. The molecule has 0 aromatic heterocycles. The Balaban J connectivity index is 2.09. The molecule has 94 valence electrons. The number of amides is 2. The fraction of sp³-hybridized carbons (Fsp3) is 0.875. The van der Waals surface area contributed by atoms with Gasteiger partial charge in [-0.15, -0.1) is 0 Å². The van der Waals surface area contributed by atoms with E-state index in [9.17, 15) is 18.0 Å². The van der Waals surface area contributed by atoms with E-state index >= 15 is 0 Å². The number of carbonyl (C=O) groups is 1. The number of nitrogens with one attached hydrogen (secondary N) is 2. The Morgan fingerprint density at radius 1 is 1.31 bits per heavy atom. The van der Waals surface area contributed by atoms with Crippen molar-refractivity contribution in [2.75, 3.05) is 32.9 Å². The van der Waals surface area contributed by atoms with E-state index in [1.807, 2.05) is 0 Å². The molecule has 0 aromatic carbocycles. The summed E-state index contributed by atoms with van der Waals surface area (Å²) in [5, 5.41) is 3.96. The molecule has 0 saturated carbocycles.